The highest BCUT2D eigenvalue weighted by atomic mass is 79.9. The number of ether oxygens (including phenoxy) is 1. The third kappa shape index (κ3) is 5.16. The van der Waals surface area contributed by atoms with E-state index in [1.54, 1.807) is 7.11 Å². The van der Waals surface area contributed by atoms with Gasteiger partial charge in [-0.15, -0.1) is 0 Å². The molecular formula is C13H19BrN2O2. The highest BCUT2D eigenvalue weighted by molar-refractivity contribution is 9.10. The third-order valence-corrected chi connectivity index (χ3v) is 3.25. The second-order valence-electron chi connectivity index (χ2n) is 3.97. The van der Waals surface area contributed by atoms with Crippen LogP contribution in [0.2, 0.25) is 0 Å². The minimum Gasteiger partial charge on any atom is -0.383 e. The van der Waals surface area contributed by atoms with Gasteiger partial charge < -0.3 is 15.4 Å². The van der Waals surface area contributed by atoms with Crippen molar-refractivity contribution < 1.29 is 9.53 Å². The number of amides is 1. The van der Waals surface area contributed by atoms with E-state index in [9.17, 15) is 4.79 Å². The van der Waals surface area contributed by atoms with Crippen molar-refractivity contribution in [1.29, 1.82) is 0 Å². The lowest BCUT2D eigenvalue weighted by Crippen LogP contribution is -2.38. The van der Waals surface area contributed by atoms with Crippen LogP contribution in [-0.4, -0.2) is 32.2 Å². The van der Waals surface area contributed by atoms with Crippen LogP contribution in [0.1, 0.15) is 13.3 Å². The third-order valence-electron chi connectivity index (χ3n) is 2.56. The predicted molar refractivity (Wildman–Crippen MR) is 76.7 cm³/mol. The molecule has 2 N–H and O–H groups in total. The number of para-hydroxylation sites is 1. The molecule has 4 nitrogen and oxygen atoms in total. The number of carbonyl (C=O) groups excluding carboxylic acids is 1. The maximum atomic E-state index is 11.8. The van der Waals surface area contributed by atoms with Gasteiger partial charge in [0.15, 0.2) is 0 Å². The molecule has 0 aliphatic rings. The molecule has 0 saturated heterocycles. The van der Waals surface area contributed by atoms with E-state index in [-0.39, 0.29) is 18.5 Å². The van der Waals surface area contributed by atoms with Crippen molar-refractivity contribution in [1.82, 2.24) is 5.32 Å². The van der Waals surface area contributed by atoms with Gasteiger partial charge in [-0.3, -0.25) is 4.79 Å². The Hall–Kier alpha value is -0.910. The van der Waals surface area contributed by atoms with Gasteiger partial charge in [0.1, 0.15) is 0 Å². The van der Waals surface area contributed by atoms with Gasteiger partial charge in [-0.25, -0.2) is 0 Å². The smallest absolute Gasteiger partial charge is 0.238 e. The highest BCUT2D eigenvalue weighted by Crippen LogP contribution is 2.20. The molecule has 18 heavy (non-hydrogen) atoms. The van der Waals surface area contributed by atoms with E-state index >= 15 is 0 Å². The zero-order valence-electron chi connectivity index (χ0n) is 10.7. The van der Waals surface area contributed by atoms with Crippen LogP contribution in [0.25, 0.3) is 0 Å². The second-order valence-corrected chi connectivity index (χ2v) is 4.82. The lowest BCUT2D eigenvalue weighted by atomic mass is 10.2. The molecule has 0 radical (unpaired) electrons. The number of benzene rings is 1. The number of nitrogens with one attached hydrogen (secondary N) is 2. The first-order chi connectivity index (χ1) is 8.67. The van der Waals surface area contributed by atoms with Gasteiger partial charge >= 0.3 is 0 Å². The molecule has 1 atom stereocenters. The van der Waals surface area contributed by atoms with Gasteiger partial charge in [0.2, 0.25) is 5.91 Å². The molecule has 0 bridgehead atoms. The van der Waals surface area contributed by atoms with Gasteiger partial charge in [-0.1, -0.05) is 19.1 Å². The van der Waals surface area contributed by atoms with E-state index in [1.165, 1.54) is 0 Å². The van der Waals surface area contributed by atoms with E-state index in [2.05, 4.69) is 33.5 Å². The Balaban J connectivity index is 2.40. The van der Waals surface area contributed by atoms with E-state index in [4.69, 9.17) is 4.74 Å². The van der Waals surface area contributed by atoms with Crippen molar-refractivity contribution >= 4 is 27.5 Å². The molecule has 0 aromatic heterocycles. The molecule has 0 heterocycles. The zero-order valence-corrected chi connectivity index (χ0v) is 12.3. The van der Waals surface area contributed by atoms with Crippen LogP contribution >= 0.6 is 15.9 Å². The Morgan fingerprint density at radius 3 is 2.78 bits per heavy atom. The summed E-state index contributed by atoms with van der Waals surface area (Å²) in [7, 11) is 1.66. The van der Waals surface area contributed by atoms with Gasteiger partial charge in [-0.2, -0.15) is 0 Å². The van der Waals surface area contributed by atoms with Crippen molar-refractivity contribution in [2.24, 2.45) is 0 Å². The first-order valence-corrected chi connectivity index (χ1v) is 6.73. The van der Waals surface area contributed by atoms with Crippen molar-refractivity contribution in [3.63, 3.8) is 0 Å². The maximum absolute atomic E-state index is 11.8. The monoisotopic (exact) mass is 314 g/mol. The molecule has 1 aromatic carbocycles. The van der Waals surface area contributed by atoms with Crippen molar-refractivity contribution in [2.75, 3.05) is 25.6 Å². The quantitative estimate of drug-likeness (QED) is 0.812. The van der Waals surface area contributed by atoms with Crippen molar-refractivity contribution in [3.05, 3.63) is 28.7 Å². The summed E-state index contributed by atoms with van der Waals surface area (Å²) in [4.78, 5) is 11.8. The van der Waals surface area contributed by atoms with Crippen LogP contribution < -0.4 is 10.6 Å². The van der Waals surface area contributed by atoms with Crippen molar-refractivity contribution in [3.8, 4) is 0 Å². The molecule has 0 fully saturated rings. The molecular weight excluding hydrogens is 296 g/mol. The molecule has 0 spiro atoms. The van der Waals surface area contributed by atoms with Crippen molar-refractivity contribution in [2.45, 2.75) is 19.4 Å². The predicted octanol–water partition coefficient (Wildman–Crippen LogP) is 2.40. The van der Waals surface area contributed by atoms with E-state index in [1.807, 2.05) is 24.3 Å². The normalized spacial score (nSPS) is 12.2. The fraction of sp³-hybridized carbons (Fsp3) is 0.462. The number of carbonyl (C=O) groups is 1. The summed E-state index contributed by atoms with van der Waals surface area (Å²) in [5.41, 5.74) is 0.782. The lowest BCUT2D eigenvalue weighted by Gasteiger charge is -2.15. The average molecular weight is 315 g/mol. The zero-order chi connectivity index (χ0) is 13.4. The van der Waals surface area contributed by atoms with Gasteiger partial charge in [0.05, 0.1) is 18.8 Å². The van der Waals surface area contributed by atoms with E-state index in [0.717, 1.165) is 16.6 Å². The largest absolute Gasteiger partial charge is 0.383 e. The summed E-state index contributed by atoms with van der Waals surface area (Å²) in [5, 5.41) is 6.00. The Kier molecular flexibility index (Phi) is 6.93. The van der Waals surface area contributed by atoms with E-state index in [0.29, 0.717) is 6.61 Å². The summed E-state index contributed by atoms with van der Waals surface area (Å²) in [6, 6.07) is 7.74. The number of hydrogen-bond donors (Lipinski definition) is 2. The Labute approximate surface area is 116 Å². The molecule has 0 aliphatic carbocycles. The molecule has 0 aliphatic heterocycles. The average Bonchev–Trinajstić information content (AvgIpc) is 2.37. The number of methoxy groups -OCH3 is 1. The summed E-state index contributed by atoms with van der Waals surface area (Å²) < 4.78 is 5.94. The summed E-state index contributed by atoms with van der Waals surface area (Å²) in [6.07, 6.45) is 0.927. The van der Waals surface area contributed by atoms with Crippen LogP contribution in [-0.2, 0) is 9.53 Å². The fourth-order valence-corrected chi connectivity index (χ4v) is 1.90. The van der Waals surface area contributed by atoms with E-state index < -0.39 is 0 Å². The summed E-state index contributed by atoms with van der Waals surface area (Å²) in [5.74, 6) is -0.0588. The first-order valence-electron chi connectivity index (χ1n) is 5.94. The fourth-order valence-electron chi connectivity index (χ4n) is 1.52. The molecule has 5 heteroatoms. The number of halogens is 1. The van der Waals surface area contributed by atoms with Crippen LogP contribution in [0, 0.1) is 0 Å². The Morgan fingerprint density at radius 2 is 2.17 bits per heavy atom. The van der Waals surface area contributed by atoms with Gasteiger partial charge in [0.25, 0.3) is 0 Å². The maximum Gasteiger partial charge on any atom is 0.238 e. The Bertz CT molecular complexity index is 385. The number of hydrogen-bond acceptors (Lipinski definition) is 3. The molecule has 1 rings (SSSR count). The second kappa shape index (κ2) is 8.24. The molecule has 0 saturated carbocycles. The molecule has 1 amide bonds. The molecule has 1 aromatic rings. The Morgan fingerprint density at radius 1 is 1.44 bits per heavy atom. The van der Waals surface area contributed by atoms with Crippen LogP contribution in [0.4, 0.5) is 5.69 Å². The summed E-state index contributed by atoms with van der Waals surface area (Å²) >= 11 is 3.39. The minimum atomic E-state index is -0.0588. The molecule has 1 unspecified atom stereocenters. The minimum absolute atomic E-state index is 0.0588. The standard InChI is InChI=1S/C13H19BrN2O2/c1-3-10(9-18-2)15-8-13(17)16-12-7-5-4-6-11(12)14/h4-7,10,15H,3,8-9H2,1-2H3,(H,16,17). The lowest BCUT2D eigenvalue weighted by molar-refractivity contribution is -0.115. The van der Waals surface area contributed by atoms with Gasteiger partial charge in [-0.05, 0) is 34.5 Å². The summed E-state index contributed by atoms with van der Waals surface area (Å²) in [6.45, 7) is 2.95. The van der Waals surface area contributed by atoms with Gasteiger partial charge in [0, 0.05) is 17.6 Å². The topological polar surface area (TPSA) is 50.4 Å². The SMILES string of the molecule is CCC(COC)NCC(=O)Nc1ccccc1Br. The van der Waals surface area contributed by atoms with Crippen LogP contribution in [0.5, 0.6) is 0 Å². The van der Waals surface area contributed by atoms with Crippen LogP contribution in [0.15, 0.2) is 28.7 Å². The number of anilines is 1. The number of rotatable bonds is 7. The molecule has 100 valence electrons. The highest BCUT2D eigenvalue weighted by Gasteiger charge is 2.09. The first kappa shape index (κ1) is 15.1. The van der Waals surface area contributed by atoms with Crippen LogP contribution in [0.3, 0.4) is 0 Å².